The van der Waals surface area contributed by atoms with E-state index in [9.17, 15) is 4.79 Å². The predicted octanol–water partition coefficient (Wildman–Crippen LogP) is 3.35. The lowest BCUT2D eigenvalue weighted by Gasteiger charge is -2.34. The zero-order valence-corrected chi connectivity index (χ0v) is 13.2. The second-order valence-corrected chi connectivity index (χ2v) is 6.08. The molecule has 1 N–H and O–H groups in total. The summed E-state index contributed by atoms with van der Waals surface area (Å²) in [7, 11) is 0. The Morgan fingerprint density at radius 3 is 2.47 bits per heavy atom. The van der Waals surface area contributed by atoms with Crippen LogP contribution in [0.1, 0.15) is 52.9 Å². The molecule has 1 atom stereocenters. The van der Waals surface area contributed by atoms with Gasteiger partial charge in [0.25, 0.3) is 0 Å². The van der Waals surface area contributed by atoms with E-state index in [0.29, 0.717) is 30.9 Å². The van der Waals surface area contributed by atoms with E-state index in [2.05, 4.69) is 19.2 Å². The molecule has 3 nitrogen and oxygen atoms in total. The Morgan fingerprint density at radius 1 is 1.32 bits per heavy atom. The molecule has 0 heterocycles. The van der Waals surface area contributed by atoms with Crippen LogP contribution in [0.15, 0.2) is 0 Å². The largest absolute Gasteiger partial charge is 0.378 e. The Morgan fingerprint density at radius 2 is 1.95 bits per heavy atom. The molecular formula is C15H28ClNO2. The first-order valence-corrected chi connectivity index (χ1v) is 8.06. The van der Waals surface area contributed by atoms with Crippen molar-refractivity contribution in [2.24, 2.45) is 11.8 Å². The van der Waals surface area contributed by atoms with Gasteiger partial charge in [0.15, 0.2) is 0 Å². The third-order valence-electron chi connectivity index (χ3n) is 4.12. The van der Waals surface area contributed by atoms with Gasteiger partial charge >= 0.3 is 0 Å². The first-order valence-electron chi connectivity index (χ1n) is 7.62. The lowest BCUT2D eigenvalue weighted by atomic mass is 9.80. The summed E-state index contributed by atoms with van der Waals surface area (Å²) in [5, 5.41) is 3.02. The van der Waals surface area contributed by atoms with E-state index >= 15 is 0 Å². The Hall–Kier alpha value is -0.280. The average molecular weight is 290 g/mol. The summed E-state index contributed by atoms with van der Waals surface area (Å²) in [5.74, 6) is 1.13. The van der Waals surface area contributed by atoms with Crippen LogP contribution in [0.3, 0.4) is 0 Å². The number of alkyl halides is 1. The van der Waals surface area contributed by atoms with Gasteiger partial charge in [-0.1, -0.05) is 26.7 Å². The van der Waals surface area contributed by atoms with Crippen LogP contribution in [0, 0.1) is 11.8 Å². The van der Waals surface area contributed by atoms with Gasteiger partial charge in [0.1, 0.15) is 0 Å². The van der Waals surface area contributed by atoms with Crippen LogP contribution < -0.4 is 5.32 Å². The molecule has 1 fully saturated rings. The van der Waals surface area contributed by atoms with Crippen molar-refractivity contribution in [1.82, 2.24) is 5.32 Å². The third kappa shape index (κ3) is 5.70. The summed E-state index contributed by atoms with van der Waals surface area (Å²) >= 11 is 6.31. The predicted molar refractivity (Wildman–Crippen MR) is 79.5 cm³/mol. The van der Waals surface area contributed by atoms with Crippen molar-refractivity contribution >= 4 is 17.5 Å². The van der Waals surface area contributed by atoms with Gasteiger partial charge in [-0.3, -0.25) is 4.79 Å². The molecule has 1 rings (SSSR count). The summed E-state index contributed by atoms with van der Waals surface area (Å²) in [6, 6.07) is 0. The quantitative estimate of drug-likeness (QED) is 0.661. The first-order chi connectivity index (χ1) is 9.10. The molecule has 4 heteroatoms. The molecule has 0 radical (unpaired) electrons. The number of carbonyl (C=O) groups is 1. The molecule has 1 saturated carbocycles. The molecule has 0 aromatic rings. The number of nitrogens with one attached hydrogen (secondary N) is 1. The van der Waals surface area contributed by atoms with Crippen molar-refractivity contribution in [1.29, 1.82) is 0 Å². The van der Waals surface area contributed by atoms with Crippen LogP contribution in [-0.2, 0) is 9.53 Å². The van der Waals surface area contributed by atoms with Crippen LogP contribution in [0.4, 0.5) is 0 Å². The number of amides is 1. The van der Waals surface area contributed by atoms with Crippen LogP contribution in [-0.4, -0.2) is 30.5 Å². The molecule has 0 saturated heterocycles. The lowest BCUT2D eigenvalue weighted by Crippen LogP contribution is -2.38. The Bertz CT molecular complexity index is 263. The van der Waals surface area contributed by atoms with Crippen molar-refractivity contribution < 1.29 is 9.53 Å². The maximum absolute atomic E-state index is 11.8. The summed E-state index contributed by atoms with van der Waals surface area (Å²) in [5.41, 5.74) is 0. The number of rotatable bonds is 9. The smallest absolute Gasteiger partial charge is 0.220 e. The fourth-order valence-corrected chi connectivity index (χ4v) is 3.16. The first kappa shape index (κ1) is 16.8. The van der Waals surface area contributed by atoms with Gasteiger partial charge < -0.3 is 10.1 Å². The molecule has 112 valence electrons. The number of halogens is 1. The van der Waals surface area contributed by atoms with Crippen molar-refractivity contribution in [2.75, 3.05) is 13.2 Å². The van der Waals surface area contributed by atoms with Gasteiger partial charge in [0.2, 0.25) is 5.91 Å². The highest BCUT2D eigenvalue weighted by atomic mass is 35.5. The molecule has 19 heavy (non-hydrogen) atoms. The second-order valence-electron chi connectivity index (χ2n) is 5.52. The second kappa shape index (κ2) is 8.80. The SMILES string of the molecule is CCOC1CC(CC(=O)NCC(Cl)C(CC)CC)C1. The molecule has 1 unspecified atom stereocenters. The number of carbonyl (C=O) groups excluding carboxylic acids is 1. The van der Waals surface area contributed by atoms with Crippen molar-refractivity contribution in [2.45, 2.75) is 64.4 Å². The van der Waals surface area contributed by atoms with E-state index in [1.165, 1.54) is 0 Å². The van der Waals surface area contributed by atoms with Crippen molar-refractivity contribution in [3.63, 3.8) is 0 Å². The fraction of sp³-hybridized carbons (Fsp3) is 0.933. The highest BCUT2D eigenvalue weighted by Gasteiger charge is 2.31. The maximum atomic E-state index is 11.8. The minimum absolute atomic E-state index is 0.0523. The molecular weight excluding hydrogens is 262 g/mol. The zero-order valence-electron chi connectivity index (χ0n) is 12.5. The van der Waals surface area contributed by atoms with Crippen LogP contribution in [0.25, 0.3) is 0 Å². The van der Waals surface area contributed by atoms with Crippen LogP contribution in [0.5, 0.6) is 0 Å². The topological polar surface area (TPSA) is 38.3 Å². The molecule has 0 aliphatic heterocycles. The molecule has 0 spiro atoms. The molecule has 1 amide bonds. The van der Waals surface area contributed by atoms with E-state index < -0.39 is 0 Å². The molecule has 1 aliphatic rings. The number of hydrogen-bond donors (Lipinski definition) is 1. The summed E-state index contributed by atoms with van der Waals surface area (Å²) in [4.78, 5) is 11.8. The Balaban J connectivity index is 2.12. The van der Waals surface area contributed by atoms with Crippen LogP contribution >= 0.6 is 11.6 Å². The van der Waals surface area contributed by atoms with Crippen molar-refractivity contribution in [3.8, 4) is 0 Å². The van der Waals surface area contributed by atoms with Crippen molar-refractivity contribution in [3.05, 3.63) is 0 Å². The Labute approximate surface area is 122 Å². The molecule has 0 aromatic carbocycles. The van der Waals surface area contributed by atoms with E-state index in [-0.39, 0.29) is 11.3 Å². The zero-order chi connectivity index (χ0) is 14.3. The maximum Gasteiger partial charge on any atom is 0.220 e. The average Bonchev–Trinajstić information content (AvgIpc) is 2.35. The Kier molecular flexibility index (Phi) is 7.77. The minimum Gasteiger partial charge on any atom is -0.378 e. The summed E-state index contributed by atoms with van der Waals surface area (Å²) < 4.78 is 5.50. The van der Waals surface area contributed by atoms with E-state index in [4.69, 9.17) is 16.3 Å². The summed E-state index contributed by atoms with van der Waals surface area (Å²) in [6.07, 6.45) is 5.19. The van der Waals surface area contributed by atoms with Gasteiger partial charge in [-0.2, -0.15) is 0 Å². The molecule has 1 aliphatic carbocycles. The van der Waals surface area contributed by atoms with Gasteiger partial charge in [-0.05, 0) is 31.6 Å². The minimum atomic E-state index is 0.0523. The normalized spacial score (nSPS) is 24.1. The van der Waals surface area contributed by atoms with E-state index in [1.807, 2.05) is 6.92 Å². The summed E-state index contributed by atoms with van der Waals surface area (Å²) in [6.45, 7) is 7.67. The standard InChI is InChI=1S/C15H28ClNO2/c1-4-12(5-2)14(16)10-17-15(18)9-11-7-13(8-11)19-6-3/h11-14H,4-10H2,1-3H3,(H,17,18). The van der Waals surface area contributed by atoms with E-state index in [0.717, 1.165) is 32.3 Å². The number of hydrogen-bond acceptors (Lipinski definition) is 2. The van der Waals surface area contributed by atoms with Crippen LogP contribution in [0.2, 0.25) is 0 Å². The van der Waals surface area contributed by atoms with Gasteiger partial charge in [0.05, 0.1) is 11.5 Å². The lowest BCUT2D eigenvalue weighted by molar-refractivity contribution is -0.124. The fourth-order valence-electron chi connectivity index (χ4n) is 2.73. The van der Waals surface area contributed by atoms with Gasteiger partial charge in [-0.25, -0.2) is 0 Å². The molecule has 0 aromatic heterocycles. The third-order valence-corrected chi connectivity index (χ3v) is 4.63. The number of ether oxygens (including phenoxy) is 1. The highest BCUT2D eigenvalue weighted by Crippen LogP contribution is 2.32. The van der Waals surface area contributed by atoms with Gasteiger partial charge in [-0.15, -0.1) is 11.6 Å². The van der Waals surface area contributed by atoms with Gasteiger partial charge in [0, 0.05) is 19.6 Å². The van der Waals surface area contributed by atoms with E-state index in [1.54, 1.807) is 0 Å². The molecule has 0 bridgehead atoms. The monoisotopic (exact) mass is 289 g/mol. The highest BCUT2D eigenvalue weighted by molar-refractivity contribution is 6.21.